The first-order chi connectivity index (χ1) is 11.1. The Morgan fingerprint density at radius 1 is 1.17 bits per heavy atom. The zero-order chi connectivity index (χ0) is 16.4. The van der Waals surface area contributed by atoms with Gasteiger partial charge >= 0.3 is 0 Å². The Labute approximate surface area is 148 Å². The summed E-state index contributed by atoms with van der Waals surface area (Å²) in [6, 6.07) is 5.15. The molecule has 0 aliphatic carbocycles. The molecule has 1 aromatic rings. The van der Waals surface area contributed by atoms with E-state index in [1.54, 1.807) is 18.2 Å². The number of thioether (sulfide) groups is 1. The van der Waals surface area contributed by atoms with Gasteiger partial charge in [0, 0.05) is 30.7 Å². The molecule has 2 amide bonds. The summed E-state index contributed by atoms with van der Waals surface area (Å²) in [6.07, 6.45) is 3.11. The van der Waals surface area contributed by atoms with E-state index in [0.29, 0.717) is 45.5 Å². The molecule has 2 heterocycles. The number of carbonyl (C=O) groups excluding carboxylic acids is 2. The fourth-order valence-electron chi connectivity index (χ4n) is 2.61. The highest BCUT2D eigenvalue weighted by atomic mass is 35.5. The Morgan fingerprint density at radius 2 is 1.83 bits per heavy atom. The summed E-state index contributed by atoms with van der Waals surface area (Å²) >= 11 is 13.4. The molecule has 2 aliphatic rings. The molecule has 7 heteroatoms. The van der Waals surface area contributed by atoms with Crippen molar-refractivity contribution in [3.63, 3.8) is 0 Å². The van der Waals surface area contributed by atoms with Crippen molar-refractivity contribution in [3.8, 4) is 0 Å². The van der Waals surface area contributed by atoms with Crippen LogP contribution in [0.25, 0.3) is 0 Å². The summed E-state index contributed by atoms with van der Waals surface area (Å²) in [4.78, 5) is 26.9. The predicted octanol–water partition coefficient (Wildman–Crippen LogP) is 3.76. The number of carbonyl (C=O) groups is 2. The molecule has 1 fully saturated rings. The average Bonchev–Trinajstić information content (AvgIpc) is 2.80. The maximum Gasteiger partial charge on any atom is 0.267 e. The van der Waals surface area contributed by atoms with Crippen molar-refractivity contribution in [2.24, 2.45) is 5.92 Å². The molecular formula is C16H15Cl2NO3S. The molecule has 0 unspecified atom stereocenters. The molecule has 122 valence electrons. The van der Waals surface area contributed by atoms with Crippen LogP contribution < -0.4 is 0 Å². The van der Waals surface area contributed by atoms with Gasteiger partial charge in [0.15, 0.2) is 0 Å². The summed E-state index contributed by atoms with van der Waals surface area (Å²) in [7, 11) is 0. The van der Waals surface area contributed by atoms with Crippen LogP contribution >= 0.6 is 35.0 Å². The number of nitrogens with zero attached hydrogens (tertiary/aromatic N) is 1. The van der Waals surface area contributed by atoms with Crippen LogP contribution in [-0.2, 0) is 14.3 Å². The van der Waals surface area contributed by atoms with Crippen LogP contribution in [0.15, 0.2) is 34.1 Å². The summed E-state index contributed by atoms with van der Waals surface area (Å²) in [5.74, 6) is -0.243. The van der Waals surface area contributed by atoms with Gasteiger partial charge in [-0.25, -0.2) is 0 Å². The molecule has 0 atom stereocenters. The fourth-order valence-corrected chi connectivity index (χ4v) is 4.15. The SMILES string of the molecule is O=C1C=C(Sc2c(Cl)cccc2Cl)C(=O)N1CC1CCOCC1. The Morgan fingerprint density at radius 3 is 2.48 bits per heavy atom. The van der Waals surface area contributed by atoms with Gasteiger partial charge in [0.25, 0.3) is 11.8 Å². The van der Waals surface area contributed by atoms with E-state index in [1.165, 1.54) is 11.0 Å². The van der Waals surface area contributed by atoms with Crippen LogP contribution in [0.2, 0.25) is 10.0 Å². The maximum atomic E-state index is 12.5. The second-order valence-corrected chi connectivity index (χ2v) is 7.34. The van der Waals surface area contributed by atoms with E-state index in [4.69, 9.17) is 27.9 Å². The minimum Gasteiger partial charge on any atom is -0.381 e. The van der Waals surface area contributed by atoms with Crippen LogP contribution in [0.3, 0.4) is 0 Å². The molecule has 4 nitrogen and oxygen atoms in total. The van der Waals surface area contributed by atoms with Gasteiger partial charge in [0.2, 0.25) is 0 Å². The molecule has 0 saturated carbocycles. The molecule has 3 rings (SSSR count). The third-order valence-electron chi connectivity index (χ3n) is 3.89. The van der Waals surface area contributed by atoms with Crippen molar-refractivity contribution in [1.82, 2.24) is 4.90 Å². The standard InChI is InChI=1S/C16H15Cl2NO3S/c17-11-2-1-3-12(18)15(11)23-13-8-14(20)19(16(13)21)9-10-4-6-22-7-5-10/h1-3,8,10H,4-7,9H2. The normalized spacial score (nSPS) is 19.4. The lowest BCUT2D eigenvalue weighted by Gasteiger charge is -2.26. The van der Waals surface area contributed by atoms with E-state index in [-0.39, 0.29) is 11.8 Å². The van der Waals surface area contributed by atoms with Gasteiger partial charge in [-0.3, -0.25) is 14.5 Å². The van der Waals surface area contributed by atoms with Gasteiger partial charge in [-0.2, -0.15) is 0 Å². The highest BCUT2D eigenvalue weighted by Gasteiger charge is 2.34. The third-order valence-corrected chi connectivity index (χ3v) is 5.90. The molecule has 0 bridgehead atoms. The van der Waals surface area contributed by atoms with Gasteiger partial charge in [-0.1, -0.05) is 41.0 Å². The van der Waals surface area contributed by atoms with E-state index in [0.717, 1.165) is 24.6 Å². The lowest BCUT2D eigenvalue weighted by molar-refractivity contribution is -0.138. The Kier molecular flexibility index (Phi) is 5.31. The molecule has 23 heavy (non-hydrogen) atoms. The molecule has 1 saturated heterocycles. The van der Waals surface area contributed by atoms with Gasteiger partial charge in [0.05, 0.1) is 15.0 Å². The van der Waals surface area contributed by atoms with E-state index in [2.05, 4.69) is 0 Å². The average molecular weight is 372 g/mol. The van der Waals surface area contributed by atoms with Crippen molar-refractivity contribution >= 4 is 46.8 Å². The summed E-state index contributed by atoms with van der Waals surface area (Å²) in [5.41, 5.74) is 0. The Balaban J connectivity index is 1.71. The van der Waals surface area contributed by atoms with Gasteiger partial charge < -0.3 is 4.74 Å². The van der Waals surface area contributed by atoms with E-state index in [1.807, 2.05) is 0 Å². The first-order valence-electron chi connectivity index (χ1n) is 7.33. The molecule has 0 radical (unpaired) electrons. The number of rotatable bonds is 4. The second kappa shape index (κ2) is 7.26. The van der Waals surface area contributed by atoms with Crippen molar-refractivity contribution in [1.29, 1.82) is 0 Å². The first-order valence-corrected chi connectivity index (χ1v) is 8.90. The van der Waals surface area contributed by atoms with Crippen molar-refractivity contribution < 1.29 is 14.3 Å². The lowest BCUT2D eigenvalue weighted by atomic mass is 10.00. The number of hydrogen-bond acceptors (Lipinski definition) is 4. The van der Waals surface area contributed by atoms with E-state index in [9.17, 15) is 9.59 Å². The van der Waals surface area contributed by atoms with Gasteiger partial charge in [-0.05, 0) is 30.9 Å². The summed E-state index contributed by atoms with van der Waals surface area (Å²) in [6.45, 7) is 1.81. The van der Waals surface area contributed by atoms with Gasteiger partial charge in [-0.15, -0.1) is 0 Å². The smallest absolute Gasteiger partial charge is 0.267 e. The number of benzene rings is 1. The zero-order valence-electron chi connectivity index (χ0n) is 12.3. The Bertz CT molecular complexity index is 651. The topological polar surface area (TPSA) is 46.6 Å². The molecule has 2 aliphatic heterocycles. The predicted molar refractivity (Wildman–Crippen MR) is 90.7 cm³/mol. The van der Waals surface area contributed by atoms with E-state index >= 15 is 0 Å². The van der Waals surface area contributed by atoms with Crippen molar-refractivity contribution in [2.75, 3.05) is 19.8 Å². The largest absolute Gasteiger partial charge is 0.381 e. The molecule has 0 spiro atoms. The number of amides is 2. The second-order valence-electron chi connectivity index (χ2n) is 5.47. The maximum absolute atomic E-state index is 12.5. The first kappa shape index (κ1) is 16.8. The fraction of sp³-hybridized carbons (Fsp3) is 0.375. The van der Waals surface area contributed by atoms with Crippen molar-refractivity contribution in [2.45, 2.75) is 17.7 Å². The minimum atomic E-state index is -0.275. The van der Waals surface area contributed by atoms with Crippen LogP contribution in [0.5, 0.6) is 0 Å². The van der Waals surface area contributed by atoms with Crippen LogP contribution in [-0.4, -0.2) is 36.5 Å². The van der Waals surface area contributed by atoms with Crippen molar-refractivity contribution in [3.05, 3.63) is 39.2 Å². The zero-order valence-corrected chi connectivity index (χ0v) is 14.6. The molecular weight excluding hydrogens is 357 g/mol. The van der Waals surface area contributed by atoms with Crippen LogP contribution in [0.4, 0.5) is 0 Å². The molecule has 1 aromatic carbocycles. The number of hydrogen-bond donors (Lipinski definition) is 0. The monoisotopic (exact) mass is 371 g/mol. The quantitative estimate of drug-likeness (QED) is 0.755. The van der Waals surface area contributed by atoms with Gasteiger partial charge in [0.1, 0.15) is 0 Å². The molecule has 0 aromatic heterocycles. The number of imide groups is 1. The van der Waals surface area contributed by atoms with Crippen LogP contribution in [0, 0.1) is 5.92 Å². The Hall–Kier alpha value is -1.01. The highest BCUT2D eigenvalue weighted by molar-refractivity contribution is 8.04. The number of ether oxygens (including phenoxy) is 1. The lowest BCUT2D eigenvalue weighted by Crippen LogP contribution is -2.37. The highest BCUT2D eigenvalue weighted by Crippen LogP contribution is 2.40. The molecule has 0 N–H and O–H groups in total. The summed E-state index contributed by atoms with van der Waals surface area (Å²) < 4.78 is 5.31. The number of halogens is 2. The van der Waals surface area contributed by atoms with E-state index < -0.39 is 0 Å². The minimum absolute atomic E-state index is 0.271. The third kappa shape index (κ3) is 3.74. The summed E-state index contributed by atoms with van der Waals surface area (Å²) in [5, 5.41) is 0.929. The van der Waals surface area contributed by atoms with Crippen LogP contribution in [0.1, 0.15) is 12.8 Å².